The van der Waals surface area contributed by atoms with E-state index in [4.69, 9.17) is 0 Å². The Kier molecular flexibility index (Phi) is 4.36. The molecule has 1 N–H and O–H groups in total. The van der Waals surface area contributed by atoms with Crippen LogP contribution in [0.2, 0.25) is 0 Å². The highest BCUT2D eigenvalue weighted by atomic mass is 16.3. The predicted octanol–water partition coefficient (Wildman–Crippen LogP) is 1.55. The summed E-state index contributed by atoms with van der Waals surface area (Å²) in [7, 11) is 0. The fourth-order valence-electron chi connectivity index (χ4n) is 2.98. The molecule has 0 unspecified atom stereocenters. The van der Waals surface area contributed by atoms with Gasteiger partial charge >= 0.3 is 0 Å². The molecule has 0 aliphatic carbocycles. The number of aliphatic hydroxyl groups is 1. The molecule has 1 aliphatic rings. The lowest BCUT2D eigenvalue weighted by Gasteiger charge is -2.21. The Morgan fingerprint density at radius 1 is 1.46 bits per heavy atom. The van der Waals surface area contributed by atoms with E-state index in [2.05, 4.69) is 15.3 Å². The van der Waals surface area contributed by atoms with E-state index in [0.29, 0.717) is 24.4 Å². The Hall–Kier alpha value is -2.28. The topological polar surface area (TPSA) is 84.1 Å². The van der Waals surface area contributed by atoms with Crippen molar-refractivity contribution in [3.8, 4) is 0 Å². The lowest BCUT2D eigenvalue weighted by molar-refractivity contribution is 0.0379. The summed E-state index contributed by atoms with van der Waals surface area (Å²) in [6.45, 7) is 6.69. The molecule has 1 atom stereocenters. The maximum atomic E-state index is 12.8. The number of amides is 1. The van der Waals surface area contributed by atoms with Crippen LogP contribution in [0.5, 0.6) is 0 Å². The highest BCUT2D eigenvalue weighted by molar-refractivity contribution is 5.94. The van der Waals surface area contributed by atoms with Crippen molar-refractivity contribution in [3.05, 3.63) is 41.5 Å². The molecule has 7 nitrogen and oxygen atoms in total. The van der Waals surface area contributed by atoms with E-state index in [1.54, 1.807) is 22.0 Å². The molecule has 0 aromatic carbocycles. The lowest BCUT2D eigenvalue weighted by Crippen LogP contribution is -2.35. The smallest absolute Gasteiger partial charge is 0.272 e. The number of nitrogens with zero attached hydrogens (tertiary/aromatic N) is 5. The van der Waals surface area contributed by atoms with Crippen LogP contribution in [0.15, 0.2) is 24.5 Å². The summed E-state index contributed by atoms with van der Waals surface area (Å²) in [5.74, 6) is -0.139. The molecule has 1 fully saturated rings. The average molecular weight is 329 g/mol. The number of carbonyl (C=O) groups is 1. The van der Waals surface area contributed by atoms with Crippen molar-refractivity contribution < 1.29 is 9.90 Å². The van der Waals surface area contributed by atoms with Crippen molar-refractivity contribution in [1.29, 1.82) is 0 Å². The van der Waals surface area contributed by atoms with Crippen LogP contribution in [0.25, 0.3) is 0 Å². The third kappa shape index (κ3) is 2.91. The summed E-state index contributed by atoms with van der Waals surface area (Å²) in [5, 5.41) is 19.1. The van der Waals surface area contributed by atoms with Gasteiger partial charge in [0.1, 0.15) is 17.0 Å². The summed E-state index contributed by atoms with van der Waals surface area (Å²) in [5.41, 5.74) is 0.756. The molecule has 0 radical (unpaired) electrons. The molecule has 3 heterocycles. The number of hydrogen-bond donors (Lipinski definition) is 1. The number of aromatic nitrogens is 4. The van der Waals surface area contributed by atoms with Crippen LogP contribution < -0.4 is 0 Å². The lowest BCUT2D eigenvalue weighted by atomic mass is 10.00. The van der Waals surface area contributed by atoms with E-state index < -0.39 is 5.60 Å². The minimum Gasteiger partial charge on any atom is -0.381 e. The largest absolute Gasteiger partial charge is 0.381 e. The van der Waals surface area contributed by atoms with Gasteiger partial charge in [0.25, 0.3) is 5.91 Å². The minimum atomic E-state index is -1.15. The standard InChI is InChI=1S/C17H23N5O2/c1-4-13-6-5-8-18-15(13)16(23)21-9-7-17(24,11-21)14-10-22(12(2)3)20-19-14/h5-6,8,10,12,24H,4,7,9,11H2,1-3H3/t17-/m0/s1. The molecule has 0 saturated carbocycles. The van der Waals surface area contributed by atoms with E-state index >= 15 is 0 Å². The van der Waals surface area contributed by atoms with Crippen LogP contribution in [-0.2, 0) is 12.0 Å². The second-order valence-electron chi connectivity index (χ2n) is 6.55. The quantitative estimate of drug-likeness (QED) is 0.920. The van der Waals surface area contributed by atoms with Gasteiger partial charge in [0.2, 0.25) is 0 Å². The molecule has 2 aromatic rings. The molecule has 0 bridgehead atoms. The third-order valence-corrected chi connectivity index (χ3v) is 4.53. The molecule has 128 valence electrons. The molecule has 24 heavy (non-hydrogen) atoms. The Morgan fingerprint density at radius 3 is 2.92 bits per heavy atom. The van der Waals surface area contributed by atoms with Gasteiger partial charge in [-0.2, -0.15) is 0 Å². The van der Waals surface area contributed by atoms with Crippen LogP contribution in [0.3, 0.4) is 0 Å². The van der Waals surface area contributed by atoms with E-state index in [0.717, 1.165) is 12.0 Å². The molecular formula is C17H23N5O2. The summed E-state index contributed by atoms with van der Waals surface area (Å²) in [6.07, 6.45) is 4.58. The number of rotatable bonds is 4. The molecule has 1 saturated heterocycles. The number of hydrogen-bond acceptors (Lipinski definition) is 5. The fraction of sp³-hybridized carbons (Fsp3) is 0.529. The summed E-state index contributed by atoms with van der Waals surface area (Å²) >= 11 is 0. The van der Waals surface area contributed by atoms with E-state index in [1.807, 2.05) is 32.9 Å². The zero-order valence-electron chi connectivity index (χ0n) is 14.3. The van der Waals surface area contributed by atoms with Crippen molar-refractivity contribution in [2.45, 2.75) is 45.3 Å². The van der Waals surface area contributed by atoms with E-state index in [-0.39, 0.29) is 18.5 Å². The first-order valence-electron chi connectivity index (χ1n) is 8.32. The molecular weight excluding hydrogens is 306 g/mol. The zero-order chi connectivity index (χ0) is 17.3. The van der Waals surface area contributed by atoms with E-state index in [1.165, 1.54) is 0 Å². The van der Waals surface area contributed by atoms with Crippen LogP contribution in [0.1, 0.15) is 55.0 Å². The van der Waals surface area contributed by atoms with Gasteiger partial charge in [-0.3, -0.25) is 9.78 Å². The van der Waals surface area contributed by atoms with Gasteiger partial charge in [0, 0.05) is 25.2 Å². The molecule has 7 heteroatoms. The van der Waals surface area contributed by atoms with Crippen molar-refractivity contribution in [1.82, 2.24) is 24.9 Å². The molecule has 0 spiro atoms. The number of β-amino-alcohol motifs (C(OH)–C–C–N with tert-alkyl or cyclic N) is 1. The third-order valence-electron chi connectivity index (χ3n) is 4.53. The van der Waals surface area contributed by atoms with Gasteiger partial charge in [-0.25, -0.2) is 4.68 Å². The zero-order valence-corrected chi connectivity index (χ0v) is 14.3. The number of aryl methyl sites for hydroxylation is 1. The Balaban J connectivity index is 1.80. The van der Waals surface area contributed by atoms with Crippen LogP contribution in [0, 0.1) is 0 Å². The first-order valence-corrected chi connectivity index (χ1v) is 8.32. The second kappa shape index (κ2) is 6.32. The minimum absolute atomic E-state index is 0.139. The van der Waals surface area contributed by atoms with Gasteiger partial charge in [-0.1, -0.05) is 18.2 Å². The Bertz CT molecular complexity index is 742. The van der Waals surface area contributed by atoms with Crippen molar-refractivity contribution in [3.63, 3.8) is 0 Å². The number of carbonyl (C=O) groups excluding carboxylic acids is 1. The predicted molar refractivity (Wildman–Crippen MR) is 88.4 cm³/mol. The van der Waals surface area contributed by atoms with Gasteiger partial charge < -0.3 is 10.0 Å². The molecule has 1 aliphatic heterocycles. The van der Waals surface area contributed by atoms with Crippen molar-refractivity contribution >= 4 is 5.91 Å². The van der Waals surface area contributed by atoms with Gasteiger partial charge in [-0.15, -0.1) is 5.10 Å². The summed E-state index contributed by atoms with van der Waals surface area (Å²) in [4.78, 5) is 18.7. The SMILES string of the molecule is CCc1cccnc1C(=O)N1CC[C@@](O)(c2cn(C(C)C)nn2)C1. The first kappa shape index (κ1) is 16.6. The van der Waals surface area contributed by atoms with Gasteiger partial charge in [0.15, 0.2) is 0 Å². The highest BCUT2D eigenvalue weighted by Crippen LogP contribution is 2.31. The normalized spacial score (nSPS) is 20.8. The van der Waals surface area contributed by atoms with Crippen LogP contribution in [0.4, 0.5) is 0 Å². The maximum Gasteiger partial charge on any atom is 0.272 e. The molecule has 1 amide bonds. The van der Waals surface area contributed by atoms with Crippen LogP contribution >= 0.6 is 0 Å². The van der Waals surface area contributed by atoms with E-state index in [9.17, 15) is 9.90 Å². The summed E-state index contributed by atoms with van der Waals surface area (Å²) in [6, 6.07) is 3.92. The average Bonchev–Trinajstić information content (AvgIpc) is 3.22. The number of pyridine rings is 1. The maximum absolute atomic E-state index is 12.8. The summed E-state index contributed by atoms with van der Waals surface area (Å²) < 4.78 is 1.71. The van der Waals surface area contributed by atoms with Gasteiger partial charge in [-0.05, 0) is 31.9 Å². The van der Waals surface area contributed by atoms with Crippen molar-refractivity contribution in [2.75, 3.05) is 13.1 Å². The van der Waals surface area contributed by atoms with Gasteiger partial charge in [0.05, 0.1) is 12.7 Å². The second-order valence-corrected chi connectivity index (χ2v) is 6.55. The highest BCUT2D eigenvalue weighted by Gasteiger charge is 2.42. The van der Waals surface area contributed by atoms with Crippen molar-refractivity contribution in [2.24, 2.45) is 0 Å². The monoisotopic (exact) mass is 329 g/mol. The molecule has 2 aromatic heterocycles. The Labute approximate surface area is 141 Å². The first-order chi connectivity index (χ1) is 11.4. The molecule has 3 rings (SSSR count). The number of likely N-dealkylation sites (tertiary alicyclic amines) is 1. The van der Waals surface area contributed by atoms with Crippen LogP contribution in [-0.4, -0.2) is 49.0 Å². The fourth-order valence-corrected chi connectivity index (χ4v) is 2.98. The Morgan fingerprint density at radius 2 is 2.25 bits per heavy atom.